The molecule has 0 aliphatic heterocycles. The Morgan fingerprint density at radius 1 is 0.967 bits per heavy atom. The number of thioether (sulfide) groups is 1. The van der Waals surface area contributed by atoms with Crippen LogP contribution in [0.3, 0.4) is 0 Å². The zero-order valence-electron chi connectivity index (χ0n) is 17.0. The van der Waals surface area contributed by atoms with Crippen LogP contribution in [-0.2, 0) is 19.8 Å². The van der Waals surface area contributed by atoms with Gasteiger partial charge >= 0.3 is 5.69 Å². The fraction of sp³-hybridized carbons (Fsp3) is 0.174. The molecule has 0 N–H and O–H groups in total. The molecule has 0 fully saturated rings. The molecule has 0 spiro atoms. The summed E-state index contributed by atoms with van der Waals surface area (Å²) in [5, 5.41) is 1.84. The highest BCUT2D eigenvalue weighted by molar-refractivity contribution is 7.98. The molecule has 4 rings (SSSR count). The molecule has 4 aromatic rings. The number of hydrogen-bond acceptors (Lipinski definition) is 5. The lowest BCUT2D eigenvalue weighted by Gasteiger charge is -2.12. The van der Waals surface area contributed by atoms with E-state index in [0.717, 1.165) is 37.4 Å². The van der Waals surface area contributed by atoms with Crippen molar-refractivity contribution in [3.8, 4) is 16.9 Å². The van der Waals surface area contributed by atoms with Gasteiger partial charge in [-0.25, -0.2) is 9.78 Å². The standard InChI is InChI=1S/C23H21N3O3S/c1-25-16(11-22(27)26(2)23(25)28)14-30-21-13-19(15-7-5-4-6-8-15)18-10-9-17(29-3)12-20(18)24-21/h4-13H,14H2,1-3H3. The zero-order valence-corrected chi connectivity index (χ0v) is 17.8. The predicted molar refractivity (Wildman–Crippen MR) is 120 cm³/mol. The normalized spacial score (nSPS) is 11.0. The van der Waals surface area contributed by atoms with E-state index in [-0.39, 0.29) is 11.2 Å². The quantitative estimate of drug-likeness (QED) is 0.463. The Hall–Kier alpha value is -3.32. The van der Waals surface area contributed by atoms with Crippen molar-refractivity contribution in [1.82, 2.24) is 14.1 Å². The van der Waals surface area contributed by atoms with Crippen LogP contribution in [0.2, 0.25) is 0 Å². The molecular formula is C23H21N3O3S. The Morgan fingerprint density at radius 3 is 2.47 bits per heavy atom. The third kappa shape index (κ3) is 3.76. The molecule has 2 aromatic heterocycles. The number of pyridine rings is 1. The average Bonchev–Trinajstić information content (AvgIpc) is 2.78. The van der Waals surface area contributed by atoms with Crippen molar-refractivity contribution < 1.29 is 4.74 Å². The van der Waals surface area contributed by atoms with E-state index in [9.17, 15) is 9.59 Å². The summed E-state index contributed by atoms with van der Waals surface area (Å²) in [7, 11) is 4.78. The second-order valence-electron chi connectivity index (χ2n) is 6.92. The Kier molecular flexibility index (Phi) is 5.46. The highest BCUT2D eigenvalue weighted by atomic mass is 32.2. The molecule has 152 valence electrons. The monoisotopic (exact) mass is 419 g/mol. The molecule has 0 radical (unpaired) electrons. The minimum absolute atomic E-state index is 0.310. The van der Waals surface area contributed by atoms with Gasteiger partial charge in [-0.15, -0.1) is 11.8 Å². The summed E-state index contributed by atoms with van der Waals surface area (Å²) < 4.78 is 7.96. The maximum atomic E-state index is 12.2. The summed E-state index contributed by atoms with van der Waals surface area (Å²) in [4.78, 5) is 29.0. The second-order valence-corrected chi connectivity index (χ2v) is 7.92. The molecule has 0 saturated carbocycles. The number of benzene rings is 2. The number of hydrogen-bond donors (Lipinski definition) is 0. The van der Waals surface area contributed by atoms with Crippen LogP contribution in [0.5, 0.6) is 5.75 Å². The van der Waals surface area contributed by atoms with Gasteiger partial charge in [0.05, 0.1) is 17.7 Å². The van der Waals surface area contributed by atoms with Crippen LogP contribution in [0.1, 0.15) is 5.69 Å². The topological polar surface area (TPSA) is 66.1 Å². The Morgan fingerprint density at radius 2 is 1.73 bits per heavy atom. The van der Waals surface area contributed by atoms with Gasteiger partial charge in [-0.1, -0.05) is 30.3 Å². The van der Waals surface area contributed by atoms with Gasteiger partial charge in [-0.3, -0.25) is 13.9 Å². The van der Waals surface area contributed by atoms with Crippen molar-refractivity contribution in [2.24, 2.45) is 14.1 Å². The molecule has 0 bridgehead atoms. The van der Waals surface area contributed by atoms with Gasteiger partial charge in [0, 0.05) is 43.1 Å². The van der Waals surface area contributed by atoms with Crippen molar-refractivity contribution in [1.29, 1.82) is 0 Å². The predicted octanol–water partition coefficient (Wildman–Crippen LogP) is 3.60. The van der Waals surface area contributed by atoms with Crippen molar-refractivity contribution >= 4 is 22.7 Å². The summed E-state index contributed by atoms with van der Waals surface area (Å²) in [5.74, 6) is 1.20. The number of fused-ring (bicyclic) bond motifs is 1. The number of nitrogens with zero attached hydrogens (tertiary/aromatic N) is 3. The van der Waals surface area contributed by atoms with E-state index in [1.165, 1.54) is 29.4 Å². The maximum Gasteiger partial charge on any atom is 0.330 e. The summed E-state index contributed by atoms with van der Waals surface area (Å²) >= 11 is 1.49. The highest BCUT2D eigenvalue weighted by Crippen LogP contribution is 2.34. The molecule has 2 heterocycles. The molecule has 7 heteroatoms. The fourth-order valence-corrected chi connectivity index (χ4v) is 4.24. The molecule has 30 heavy (non-hydrogen) atoms. The first-order chi connectivity index (χ1) is 14.5. The molecule has 6 nitrogen and oxygen atoms in total. The first-order valence-corrected chi connectivity index (χ1v) is 10.4. The minimum atomic E-state index is -0.334. The Labute approximate surface area is 177 Å². The molecule has 0 aliphatic rings. The van der Waals surface area contributed by atoms with E-state index in [2.05, 4.69) is 12.1 Å². The lowest BCUT2D eigenvalue weighted by molar-refractivity contribution is 0.415. The molecule has 0 saturated heterocycles. The van der Waals surface area contributed by atoms with Crippen LogP contribution >= 0.6 is 11.8 Å². The Balaban J connectivity index is 1.78. The summed E-state index contributed by atoms with van der Waals surface area (Å²) in [6, 6.07) is 19.5. The van der Waals surface area contributed by atoms with E-state index in [1.54, 1.807) is 14.2 Å². The number of methoxy groups -OCH3 is 1. The number of rotatable bonds is 5. The number of aromatic nitrogens is 3. The van der Waals surface area contributed by atoms with E-state index in [1.807, 2.05) is 42.5 Å². The zero-order chi connectivity index (χ0) is 21.3. The molecule has 0 atom stereocenters. The third-order valence-electron chi connectivity index (χ3n) is 5.07. The van der Waals surface area contributed by atoms with Crippen LogP contribution in [0.15, 0.2) is 75.3 Å². The van der Waals surface area contributed by atoms with Crippen molar-refractivity contribution in [2.75, 3.05) is 7.11 Å². The van der Waals surface area contributed by atoms with E-state index in [4.69, 9.17) is 9.72 Å². The van der Waals surface area contributed by atoms with Crippen LogP contribution in [0.25, 0.3) is 22.0 Å². The van der Waals surface area contributed by atoms with Crippen molar-refractivity contribution in [3.05, 3.63) is 87.2 Å². The van der Waals surface area contributed by atoms with Gasteiger partial charge in [-0.05, 0) is 29.3 Å². The van der Waals surface area contributed by atoms with Gasteiger partial charge < -0.3 is 4.74 Å². The molecule has 0 unspecified atom stereocenters. The minimum Gasteiger partial charge on any atom is -0.497 e. The van der Waals surface area contributed by atoms with Gasteiger partial charge in [-0.2, -0.15) is 0 Å². The first kappa shape index (κ1) is 20.0. The summed E-state index contributed by atoms with van der Waals surface area (Å²) in [5.41, 5.74) is 3.01. The first-order valence-electron chi connectivity index (χ1n) is 9.41. The molecule has 0 aliphatic carbocycles. The largest absolute Gasteiger partial charge is 0.497 e. The maximum absolute atomic E-state index is 12.2. The summed E-state index contributed by atoms with van der Waals surface area (Å²) in [6.07, 6.45) is 0. The lowest BCUT2D eigenvalue weighted by Crippen LogP contribution is -2.37. The molecule has 0 amide bonds. The van der Waals surface area contributed by atoms with Gasteiger partial charge in [0.25, 0.3) is 5.56 Å². The van der Waals surface area contributed by atoms with Crippen molar-refractivity contribution in [2.45, 2.75) is 10.8 Å². The smallest absolute Gasteiger partial charge is 0.330 e. The van der Waals surface area contributed by atoms with Crippen molar-refractivity contribution in [3.63, 3.8) is 0 Å². The summed E-state index contributed by atoms with van der Waals surface area (Å²) in [6.45, 7) is 0. The van der Waals surface area contributed by atoms with E-state index < -0.39 is 0 Å². The molecular weight excluding hydrogens is 398 g/mol. The van der Waals surface area contributed by atoms with Gasteiger partial charge in [0.1, 0.15) is 5.75 Å². The molecule has 2 aromatic carbocycles. The van der Waals surface area contributed by atoms with Gasteiger partial charge in [0.15, 0.2) is 0 Å². The van der Waals surface area contributed by atoms with Crippen LogP contribution in [0.4, 0.5) is 0 Å². The van der Waals surface area contributed by atoms with Crippen LogP contribution in [-0.4, -0.2) is 21.2 Å². The van der Waals surface area contributed by atoms with Crippen LogP contribution < -0.4 is 16.0 Å². The fourth-order valence-electron chi connectivity index (χ4n) is 3.31. The lowest BCUT2D eigenvalue weighted by atomic mass is 10.0. The Bertz CT molecular complexity index is 1340. The highest BCUT2D eigenvalue weighted by Gasteiger charge is 2.12. The average molecular weight is 420 g/mol. The second kappa shape index (κ2) is 8.20. The van der Waals surface area contributed by atoms with E-state index in [0.29, 0.717) is 11.4 Å². The number of ether oxygens (including phenoxy) is 1. The van der Waals surface area contributed by atoms with Gasteiger partial charge in [0.2, 0.25) is 0 Å². The van der Waals surface area contributed by atoms with E-state index >= 15 is 0 Å². The SMILES string of the molecule is COc1ccc2c(-c3ccccc3)cc(SCc3cc(=O)n(C)c(=O)n3C)nc2c1. The third-order valence-corrected chi connectivity index (χ3v) is 6.02. The van der Waals surface area contributed by atoms with Crippen LogP contribution in [0, 0.1) is 0 Å².